The van der Waals surface area contributed by atoms with E-state index in [4.69, 9.17) is 14.2 Å². The quantitative estimate of drug-likeness (QED) is 0.637. The van der Waals surface area contributed by atoms with Gasteiger partial charge in [-0.05, 0) is 17.7 Å². The van der Waals surface area contributed by atoms with Crippen LogP contribution in [0.1, 0.15) is 21.3 Å². The maximum Gasteiger partial charge on any atom is 0.264 e. The van der Waals surface area contributed by atoms with Crippen molar-refractivity contribution in [3.05, 3.63) is 59.1 Å². The zero-order chi connectivity index (χ0) is 20.8. The summed E-state index contributed by atoms with van der Waals surface area (Å²) in [5, 5.41) is 13.1. The van der Waals surface area contributed by atoms with E-state index in [1.807, 2.05) is 30.3 Å². The lowest BCUT2D eigenvalue weighted by atomic mass is 10.1. The number of nitrogens with zero attached hydrogens (tertiary/aromatic N) is 2. The van der Waals surface area contributed by atoms with E-state index < -0.39 is 6.04 Å². The van der Waals surface area contributed by atoms with Crippen LogP contribution < -0.4 is 19.5 Å². The van der Waals surface area contributed by atoms with Gasteiger partial charge in [-0.3, -0.25) is 4.79 Å². The van der Waals surface area contributed by atoms with Crippen molar-refractivity contribution >= 4 is 17.2 Å². The highest BCUT2D eigenvalue weighted by atomic mass is 32.1. The zero-order valence-electron chi connectivity index (χ0n) is 16.1. The molecule has 3 aromatic rings. The monoisotopic (exact) mass is 409 g/mol. The summed E-state index contributed by atoms with van der Waals surface area (Å²) < 4.78 is 15.9. The van der Waals surface area contributed by atoms with Crippen molar-refractivity contribution in [3.63, 3.8) is 0 Å². The van der Waals surface area contributed by atoms with Crippen LogP contribution in [0.3, 0.4) is 0 Å². The van der Waals surface area contributed by atoms with Crippen molar-refractivity contribution in [2.24, 2.45) is 0 Å². The van der Waals surface area contributed by atoms with Gasteiger partial charge < -0.3 is 19.5 Å². The topological polar surface area (TPSA) is 93.5 Å². The van der Waals surface area contributed by atoms with E-state index in [-0.39, 0.29) is 5.91 Å². The van der Waals surface area contributed by atoms with Crippen LogP contribution >= 0.6 is 11.3 Å². The van der Waals surface area contributed by atoms with E-state index in [2.05, 4.69) is 16.4 Å². The minimum atomic E-state index is -0.904. The van der Waals surface area contributed by atoms with Gasteiger partial charge in [0.05, 0.1) is 33.6 Å². The Morgan fingerprint density at radius 2 is 1.76 bits per heavy atom. The minimum absolute atomic E-state index is 0.384. The Kier molecular flexibility index (Phi) is 6.32. The number of aromatic nitrogens is 1. The summed E-state index contributed by atoms with van der Waals surface area (Å²) in [5.74, 6) is 0.836. The van der Waals surface area contributed by atoms with E-state index in [9.17, 15) is 10.1 Å². The highest BCUT2D eigenvalue weighted by Gasteiger charge is 2.22. The van der Waals surface area contributed by atoms with Gasteiger partial charge >= 0.3 is 0 Å². The third-order valence-corrected chi connectivity index (χ3v) is 5.22. The largest absolute Gasteiger partial charge is 0.493 e. The molecule has 3 rings (SSSR count). The second-order valence-electron chi connectivity index (χ2n) is 5.89. The standard InChI is InChI=1S/C21H19N3O4S/c1-26-16-9-14(10-17(27-2)19(16)28-3)15(11-22)24-20(25)18-12-23-21(29-18)13-7-5-4-6-8-13/h4-10,12,15H,1-3H3,(H,24,25). The zero-order valence-corrected chi connectivity index (χ0v) is 16.9. The van der Waals surface area contributed by atoms with Crippen LogP contribution in [0.4, 0.5) is 0 Å². The highest BCUT2D eigenvalue weighted by molar-refractivity contribution is 7.16. The molecule has 1 amide bonds. The van der Waals surface area contributed by atoms with Crippen molar-refractivity contribution in [1.82, 2.24) is 10.3 Å². The molecule has 1 N–H and O–H groups in total. The highest BCUT2D eigenvalue weighted by Crippen LogP contribution is 2.39. The summed E-state index contributed by atoms with van der Waals surface area (Å²) in [5.41, 5.74) is 1.45. The summed E-state index contributed by atoms with van der Waals surface area (Å²) >= 11 is 1.26. The summed E-state index contributed by atoms with van der Waals surface area (Å²) in [6, 6.07) is 14.1. The van der Waals surface area contributed by atoms with Crippen molar-refractivity contribution in [3.8, 4) is 33.9 Å². The van der Waals surface area contributed by atoms with Gasteiger partial charge in [0.25, 0.3) is 5.91 Å². The van der Waals surface area contributed by atoms with Crippen LogP contribution in [-0.4, -0.2) is 32.2 Å². The number of thiazole rings is 1. The van der Waals surface area contributed by atoms with Crippen molar-refractivity contribution in [1.29, 1.82) is 5.26 Å². The number of carbonyl (C=O) groups excluding carboxylic acids is 1. The van der Waals surface area contributed by atoms with Gasteiger partial charge in [0.15, 0.2) is 11.5 Å². The molecule has 29 heavy (non-hydrogen) atoms. The number of hydrogen-bond acceptors (Lipinski definition) is 7. The number of amides is 1. The lowest BCUT2D eigenvalue weighted by molar-refractivity contribution is 0.0949. The summed E-state index contributed by atoms with van der Waals surface area (Å²) in [7, 11) is 4.48. The third kappa shape index (κ3) is 4.31. The first-order valence-corrected chi connectivity index (χ1v) is 9.44. The molecule has 0 saturated heterocycles. The molecule has 1 heterocycles. The second kappa shape index (κ2) is 9.08. The smallest absolute Gasteiger partial charge is 0.264 e. The van der Waals surface area contributed by atoms with Gasteiger partial charge in [-0.15, -0.1) is 11.3 Å². The van der Waals surface area contributed by atoms with E-state index in [0.29, 0.717) is 27.7 Å². The second-order valence-corrected chi connectivity index (χ2v) is 6.92. The average Bonchev–Trinajstić information content (AvgIpc) is 3.27. The summed E-state index contributed by atoms with van der Waals surface area (Å²) in [6.45, 7) is 0. The molecule has 148 valence electrons. The first-order valence-electron chi connectivity index (χ1n) is 8.62. The number of benzene rings is 2. The average molecular weight is 409 g/mol. The maximum absolute atomic E-state index is 12.7. The molecular formula is C21H19N3O4S. The molecule has 0 saturated carbocycles. The van der Waals surface area contributed by atoms with Crippen LogP contribution in [0, 0.1) is 11.3 Å². The van der Waals surface area contributed by atoms with Crippen LogP contribution in [0.15, 0.2) is 48.7 Å². The van der Waals surface area contributed by atoms with E-state index in [1.165, 1.54) is 38.9 Å². The molecule has 8 heteroatoms. The van der Waals surface area contributed by atoms with Gasteiger partial charge in [-0.25, -0.2) is 4.98 Å². The molecule has 0 radical (unpaired) electrons. The molecule has 1 atom stereocenters. The van der Waals surface area contributed by atoms with Crippen LogP contribution in [0.25, 0.3) is 10.6 Å². The number of ether oxygens (including phenoxy) is 3. The molecule has 0 aliphatic heterocycles. The molecule has 0 aliphatic rings. The predicted molar refractivity (Wildman–Crippen MR) is 109 cm³/mol. The van der Waals surface area contributed by atoms with Crippen molar-refractivity contribution < 1.29 is 19.0 Å². The van der Waals surface area contributed by atoms with Gasteiger partial charge in [-0.2, -0.15) is 5.26 Å². The normalized spacial score (nSPS) is 11.2. The Labute approximate surface area is 172 Å². The van der Waals surface area contributed by atoms with Crippen LogP contribution in [-0.2, 0) is 0 Å². The molecule has 7 nitrogen and oxygen atoms in total. The molecule has 0 bridgehead atoms. The first-order chi connectivity index (χ1) is 14.1. The Hall–Kier alpha value is -3.57. The van der Waals surface area contributed by atoms with Crippen molar-refractivity contribution in [2.45, 2.75) is 6.04 Å². The van der Waals surface area contributed by atoms with Crippen LogP contribution in [0.2, 0.25) is 0 Å². The number of hydrogen-bond donors (Lipinski definition) is 1. The van der Waals surface area contributed by atoms with E-state index >= 15 is 0 Å². The Morgan fingerprint density at radius 3 is 2.31 bits per heavy atom. The molecule has 0 spiro atoms. The van der Waals surface area contributed by atoms with Crippen LogP contribution in [0.5, 0.6) is 17.2 Å². The maximum atomic E-state index is 12.7. The van der Waals surface area contributed by atoms with E-state index in [1.54, 1.807) is 12.1 Å². The fourth-order valence-corrected chi connectivity index (χ4v) is 3.58. The first kappa shape index (κ1) is 20.2. The Balaban J connectivity index is 1.84. The molecule has 1 aromatic heterocycles. The SMILES string of the molecule is COc1cc(C(C#N)NC(=O)c2cnc(-c3ccccc3)s2)cc(OC)c1OC. The molecular weight excluding hydrogens is 390 g/mol. The van der Waals surface area contributed by atoms with Gasteiger partial charge in [0, 0.05) is 5.56 Å². The lowest BCUT2D eigenvalue weighted by Crippen LogP contribution is -2.27. The van der Waals surface area contributed by atoms with E-state index in [0.717, 1.165) is 10.6 Å². The number of methoxy groups -OCH3 is 3. The number of nitrogens with one attached hydrogen (secondary N) is 1. The van der Waals surface area contributed by atoms with Gasteiger partial charge in [0.2, 0.25) is 5.75 Å². The fourth-order valence-electron chi connectivity index (χ4n) is 2.75. The molecule has 0 aliphatic carbocycles. The minimum Gasteiger partial charge on any atom is -0.493 e. The molecule has 0 fully saturated rings. The fraction of sp³-hybridized carbons (Fsp3) is 0.190. The van der Waals surface area contributed by atoms with Gasteiger partial charge in [0.1, 0.15) is 15.9 Å². The summed E-state index contributed by atoms with van der Waals surface area (Å²) in [6.07, 6.45) is 1.51. The Morgan fingerprint density at radius 1 is 1.10 bits per heavy atom. The van der Waals surface area contributed by atoms with Gasteiger partial charge in [-0.1, -0.05) is 30.3 Å². The summed E-state index contributed by atoms with van der Waals surface area (Å²) in [4.78, 5) is 17.4. The lowest BCUT2D eigenvalue weighted by Gasteiger charge is -2.17. The molecule has 2 aromatic carbocycles. The third-order valence-electron chi connectivity index (χ3n) is 4.18. The Bertz CT molecular complexity index is 1020. The number of rotatable bonds is 7. The predicted octanol–water partition coefficient (Wildman–Crippen LogP) is 3.83. The van der Waals surface area contributed by atoms with Crippen molar-refractivity contribution in [2.75, 3.05) is 21.3 Å². The molecule has 1 unspecified atom stereocenters. The number of nitriles is 1. The number of carbonyl (C=O) groups is 1.